The Kier molecular flexibility index (Phi) is 2.04. The van der Waals surface area contributed by atoms with Crippen molar-refractivity contribution < 1.29 is 15.0 Å². The molecular formula is C9H15NO3. The van der Waals surface area contributed by atoms with Crippen LogP contribution in [0.5, 0.6) is 0 Å². The third-order valence-electron chi connectivity index (χ3n) is 3.08. The highest BCUT2D eigenvalue weighted by Gasteiger charge is 2.47. The molecule has 13 heavy (non-hydrogen) atoms. The van der Waals surface area contributed by atoms with Crippen LogP contribution in [0, 0.1) is 5.92 Å². The first-order valence-electron chi connectivity index (χ1n) is 4.78. The van der Waals surface area contributed by atoms with Crippen LogP contribution in [0.1, 0.15) is 19.3 Å². The van der Waals surface area contributed by atoms with Crippen molar-refractivity contribution in [2.24, 2.45) is 5.92 Å². The summed E-state index contributed by atoms with van der Waals surface area (Å²) in [7, 11) is 0. The maximum atomic E-state index is 11.6. The summed E-state index contributed by atoms with van der Waals surface area (Å²) in [6, 6.07) is 0. The van der Waals surface area contributed by atoms with Crippen molar-refractivity contribution in [3.63, 3.8) is 0 Å². The molecule has 0 atom stereocenters. The normalized spacial score (nSPS) is 26.5. The van der Waals surface area contributed by atoms with E-state index in [9.17, 15) is 9.90 Å². The Morgan fingerprint density at radius 1 is 1.46 bits per heavy atom. The summed E-state index contributed by atoms with van der Waals surface area (Å²) in [6.45, 7) is 1.36. The minimum atomic E-state index is -1.06. The Labute approximate surface area is 77.2 Å². The number of nitrogens with zero attached hydrogens (tertiary/aromatic N) is 1. The molecule has 1 saturated carbocycles. The van der Waals surface area contributed by atoms with Crippen molar-refractivity contribution in [1.82, 2.24) is 4.90 Å². The molecule has 0 aromatic rings. The summed E-state index contributed by atoms with van der Waals surface area (Å²) in [5.74, 6) is 0.0936. The SMILES string of the molecule is O=C(N1CC(CO)C1)C1(O)CCC1. The zero-order valence-electron chi connectivity index (χ0n) is 7.57. The number of rotatable bonds is 2. The minimum Gasteiger partial charge on any atom is -0.396 e. The molecule has 0 radical (unpaired) electrons. The van der Waals surface area contributed by atoms with Gasteiger partial charge in [-0.25, -0.2) is 0 Å². The van der Waals surface area contributed by atoms with Crippen molar-refractivity contribution in [2.75, 3.05) is 19.7 Å². The van der Waals surface area contributed by atoms with Crippen molar-refractivity contribution in [1.29, 1.82) is 0 Å². The molecule has 1 amide bonds. The standard InChI is InChI=1S/C9H15NO3/c11-6-7-4-10(5-7)8(12)9(13)2-1-3-9/h7,11,13H,1-6H2. The highest BCUT2D eigenvalue weighted by atomic mass is 16.3. The van der Waals surface area contributed by atoms with Crippen LogP contribution < -0.4 is 0 Å². The molecular weight excluding hydrogens is 170 g/mol. The Balaban J connectivity index is 1.86. The van der Waals surface area contributed by atoms with Gasteiger partial charge in [-0.2, -0.15) is 0 Å². The van der Waals surface area contributed by atoms with Gasteiger partial charge in [-0.1, -0.05) is 0 Å². The third-order valence-corrected chi connectivity index (χ3v) is 3.08. The van der Waals surface area contributed by atoms with Crippen molar-refractivity contribution >= 4 is 5.91 Å². The minimum absolute atomic E-state index is 0.136. The summed E-state index contributed by atoms with van der Waals surface area (Å²) >= 11 is 0. The average Bonchev–Trinajstić information content (AvgIpc) is 1.98. The van der Waals surface area contributed by atoms with Crippen LogP contribution in [0.3, 0.4) is 0 Å². The Morgan fingerprint density at radius 3 is 2.46 bits per heavy atom. The average molecular weight is 185 g/mol. The molecule has 2 aliphatic rings. The molecule has 2 N–H and O–H groups in total. The number of aliphatic hydroxyl groups is 2. The van der Waals surface area contributed by atoms with Crippen LogP contribution in [-0.2, 0) is 4.79 Å². The predicted octanol–water partition coefficient (Wildman–Crippen LogP) is -0.648. The van der Waals surface area contributed by atoms with Gasteiger partial charge in [0.15, 0.2) is 0 Å². The van der Waals surface area contributed by atoms with Gasteiger partial charge in [-0.05, 0) is 19.3 Å². The zero-order valence-corrected chi connectivity index (χ0v) is 7.57. The van der Waals surface area contributed by atoms with Gasteiger partial charge in [0.2, 0.25) is 0 Å². The van der Waals surface area contributed by atoms with Crippen LogP contribution in [0.15, 0.2) is 0 Å². The zero-order chi connectivity index (χ0) is 9.47. The summed E-state index contributed by atoms with van der Waals surface area (Å²) in [5, 5.41) is 18.5. The highest BCUT2D eigenvalue weighted by molar-refractivity contribution is 5.86. The van der Waals surface area contributed by atoms with Gasteiger partial charge >= 0.3 is 0 Å². The van der Waals surface area contributed by atoms with Gasteiger partial charge in [0.1, 0.15) is 5.60 Å². The van der Waals surface area contributed by atoms with E-state index in [-0.39, 0.29) is 18.4 Å². The molecule has 2 fully saturated rings. The number of hydrogen-bond donors (Lipinski definition) is 2. The van der Waals surface area contributed by atoms with E-state index in [1.165, 1.54) is 0 Å². The first-order valence-corrected chi connectivity index (χ1v) is 4.78. The molecule has 1 saturated heterocycles. The Bertz CT molecular complexity index is 219. The fourth-order valence-electron chi connectivity index (χ4n) is 1.87. The van der Waals surface area contributed by atoms with Crippen molar-refractivity contribution in [3.8, 4) is 0 Å². The van der Waals surface area contributed by atoms with Gasteiger partial charge in [-0.3, -0.25) is 4.79 Å². The smallest absolute Gasteiger partial charge is 0.254 e. The van der Waals surface area contributed by atoms with E-state index in [1.807, 2.05) is 0 Å². The van der Waals surface area contributed by atoms with Gasteiger partial charge in [-0.15, -0.1) is 0 Å². The molecule has 4 nitrogen and oxygen atoms in total. The summed E-state index contributed by atoms with van der Waals surface area (Å²) in [5.41, 5.74) is -1.06. The fraction of sp³-hybridized carbons (Fsp3) is 0.889. The van der Waals surface area contributed by atoms with Crippen molar-refractivity contribution in [3.05, 3.63) is 0 Å². The Hall–Kier alpha value is -0.610. The van der Waals surface area contributed by atoms with Crippen LogP contribution in [0.2, 0.25) is 0 Å². The number of amides is 1. The molecule has 2 rings (SSSR count). The van der Waals surface area contributed by atoms with Crippen LogP contribution in [-0.4, -0.2) is 46.3 Å². The largest absolute Gasteiger partial charge is 0.396 e. The summed E-state index contributed by atoms with van der Waals surface area (Å²) in [6.07, 6.45) is 2.15. The lowest BCUT2D eigenvalue weighted by Crippen LogP contribution is -2.60. The van der Waals surface area contributed by atoms with Gasteiger partial charge in [0, 0.05) is 25.6 Å². The molecule has 0 aromatic carbocycles. The molecule has 0 bridgehead atoms. The summed E-state index contributed by atoms with van der Waals surface area (Å²) < 4.78 is 0. The molecule has 74 valence electrons. The van der Waals surface area contributed by atoms with Crippen LogP contribution in [0.4, 0.5) is 0 Å². The lowest BCUT2D eigenvalue weighted by atomic mass is 9.78. The van der Waals surface area contributed by atoms with Crippen molar-refractivity contribution in [2.45, 2.75) is 24.9 Å². The highest BCUT2D eigenvalue weighted by Crippen LogP contribution is 2.35. The molecule has 4 heteroatoms. The second kappa shape index (κ2) is 2.96. The second-order valence-corrected chi connectivity index (χ2v) is 4.14. The monoisotopic (exact) mass is 185 g/mol. The Morgan fingerprint density at radius 2 is 2.08 bits per heavy atom. The molecule has 0 aromatic heterocycles. The molecule has 1 aliphatic carbocycles. The summed E-state index contributed by atoms with van der Waals surface area (Å²) in [4.78, 5) is 13.2. The number of carbonyl (C=O) groups is 1. The number of hydrogen-bond acceptors (Lipinski definition) is 3. The topological polar surface area (TPSA) is 60.8 Å². The predicted molar refractivity (Wildman–Crippen MR) is 46.0 cm³/mol. The molecule has 1 aliphatic heterocycles. The fourth-order valence-corrected chi connectivity index (χ4v) is 1.87. The van der Waals surface area contributed by atoms with E-state index in [0.717, 1.165) is 6.42 Å². The first kappa shape index (κ1) is 8.97. The van der Waals surface area contributed by atoms with Crippen LogP contribution in [0.25, 0.3) is 0 Å². The van der Waals surface area contributed by atoms with E-state index in [4.69, 9.17) is 5.11 Å². The molecule has 1 heterocycles. The number of carbonyl (C=O) groups excluding carboxylic acids is 1. The number of likely N-dealkylation sites (tertiary alicyclic amines) is 1. The van der Waals surface area contributed by atoms with E-state index in [2.05, 4.69) is 0 Å². The van der Waals surface area contributed by atoms with Crippen LogP contribution >= 0.6 is 0 Å². The maximum Gasteiger partial charge on any atom is 0.254 e. The second-order valence-electron chi connectivity index (χ2n) is 4.14. The third kappa shape index (κ3) is 1.34. The van der Waals surface area contributed by atoms with E-state index in [1.54, 1.807) is 4.90 Å². The first-order chi connectivity index (χ1) is 6.15. The van der Waals surface area contributed by atoms with Gasteiger partial charge in [0.05, 0.1) is 0 Å². The van der Waals surface area contributed by atoms with E-state index >= 15 is 0 Å². The molecule has 0 unspecified atom stereocenters. The van der Waals surface area contributed by atoms with E-state index in [0.29, 0.717) is 25.9 Å². The van der Waals surface area contributed by atoms with E-state index < -0.39 is 5.60 Å². The quantitative estimate of drug-likeness (QED) is 0.601. The molecule has 0 spiro atoms. The number of aliphatic hydroxyl groups excluding tert-OH is 1. The maximum absolute atomic E-state index is 11.6. The lowest BCUT2D eigenvalue weighted by molar-refractivity contribution is -0.167. The van der Waals surface area contributed by atoms with Gasteiger partial charge in [0.25, 0.3) is 5.91 Å². The van der Waals surface area contributed by atoms with Gasteiger partial charge < -0.3 is 15.1 Å². The lowest BCUT2D eigenvalue weighted by Gasteiger charge is -2.45.